The molecule has 0 heterocycles. The fourth-order valence-corrected chi connectivity index (χ4v) is 1.79. The summed E-state index contributed by atoms with van der Waals surface area (Å²) in [6, 6.07) is 0. The number of Topliss-reactive ketones (excluding diaryl/α,β-unsaturated/α-hetero) is 1. The Morgan fingerprint density at radius 1 is 1.12 bits per heavy atom. The predicted octanol–water partition coefficient (Wildman–Crippen LogP) is 0.0918. The van der Waals surface area contributed by atoms with E-state index in [9.17, 15) is 9.59 Å². The van der Waals surface area contributed by atoms with Crippen LogP contribution in [-0.2, 0) is 19.1 Å². The maximum atomic E-state index is 11.0. The second kappa shape index (κ2) is 12.4. The first kappa shape index (κ1) is 17.0. The van der Waals surface area contributed by atoms with Crippen LogP contribution in [0.1, 0.15) is 19.8 Å². The molecule has 0 spiro atoms. The Morgan fingerprint density at radius 3 is 2.35 bits per heavy atom. The van der Waals surface area contributed by atoms with Gasteiger partial charge in [0.1, 0.15) is 0 Å². The summed E-state index contributed by atoms with van der Waals surface area (Å²) in [7, 11) is 0. The van der Waals surface area contributed by atoms with Gasteiger partial charge in [0, 0.05) is 6.42 Å². The number of nitrogens with one attached hydrogen (secondary N) is 1. The number of hydrogen-bond acceptors (Lipinski definition) is 4. The zero-order chi connectivity index (χ0) is 12.9. The molecule has 0 aliphatic heterocycles. The molecule has 0 saturated heterocycles. The van der Waals surface area contributed by atoms with Gasteiger partial charge in [-0.3, -0.25) is 4.79 Å². The number of amides is 1. The van der Waals surface area contributed by atoms with Gasteiger partial charge in [-0.25, -0.2) is 0 Å². The summed E-state index contributed by atoms with van der Waals surface area (Å²) in [6.45, 7) is 4.32. The van der Waals surface area contributed by atoms with Crippen molar-refractivity contribution in [2.75, 3.05) is 33.0 Å². The first-order valence-electron chi connectivity index (χ1n) is 5.84. The quantitative estimate of drug-likeness (QED) is 0.370. The Morgan fingerprint density at radius 2 is 1.76 bits per heavy atom. The van der Waals surface area contributed by atoms with Crippen LogP contribution < -0.4 is 5.32 Å². The van der Waals surface area contributed by atoms with Crippen molar-refractivity contribution in [2.24, 2.45) is 0 Å². The van der Waals surface area contributed by atoms with E-state index in [0.717, 1.165) is 29.7 Å². The van der Waals surface area contributed by atoms with Gasteiger partial charge in [-0.15, -0.1) is 0 Å². The van der Waals surface area contributed by atoms with Crippen molar-refractivity contribution in [3.8, 4) is 0 Å². The minimum absolute atomic E-state index is 0.0344. The van der Waals surface area contributed by atoms with E-state index in [-0.39, 0.29) is 11.7 Å². The van der Waals surface area contributed by atoms with Crippen LogP contribution in [0.5, 0.6) is 0 Å². The topological polar surface area (TPSA) is 64.6 Å². The first-order chi connectivity index (χ1) is 8.20. The van der Waals surface area contributed by atoms with Crippen molar-refractivity contribution < 1.29 is 19.1 Å². The zero-order valence-electron chi connectivity index (χ0n) is 10.4. The van der Waals surface area contributed by atoms with Crippen LogP contribution in [0.15, 0.2) is 0 Å². The van der Waals surface area contributed by atoms with Crippen molar-refractivity contribution >= 4 is 37.5 Å². The van der Waals surface area contributed by atoms with Crippen LogP contribution in [-0.4, -0.2) is 70.4 Å². The van der Waals surface area contributed by atoms with Crippen molar-refractivity contribution in [1.82, 2.24) is 5.32 Å². The average Bonchev–Trinajstić information content (AvgIpc) is 2.35. The van der Waals surface area contributed by atoms with E-state index in [2.05, 4.69) is 5.32 Å². The fourth-order valence-electron chi connectivity index (χ4n) is 0.998. The van der Waals surface area contributed by atoms with Crippen molar-refractivity contribution in [3.63, 3.8) is 0 Å². The molecule has 0 aliphatic rings. The molecular weight excluding hydrogens is 415 g/mol. The molecule has 0 aliphatic carbocycles. The van der Waals surface area contributed by atoms with Gasteiger partial charge in [-0.1, -0.05) is 6.92 Å². The Hall–Kier alpha value is -0.0179. The van der Waals surface area contributed by atoms with Crippen molar-refractivity contribution in [3.05, 3.63) is 0 Å². The third-order valence-electron chi connectivity index (χ3n) is 2.01. The second-order valence-electron chi connectivity index (χ2n) is 3.42. The maximum absolute atomic E-state index is 11.0. The van der Waals surface area contributed by atoms with Gasteiger partial charge in [0.05, 0.1) is 0 Å². The van der Waals surface area contributed by atoms with Gasteiger partial charge in [-0.05, 0) is 0 Å². The summed E-state index contributed by atoms with van der Waals surface area (Å²) in [6.07, 6.45) is 1.01. The molecule has 0 rings (SSSR count). The molecule has 17 heavy (non-hydrogen) atoms. The summed E-state index contributed by atoms with van der Waals surface area (Å²) >= 11 is 0.745. The van der Waals surface area contributed by atoms with E-state index in [4.69, 9.17) is 9.47 Å². The van der Waals surface area contributed by atoms with Gasteiger partial charge >= 0.3 is 100 Å². The number of ketones is 1. The molecule has 0 fully saturated rings. The molecule has 0 radical (unpaired) electrons. The summed E-state index contributed by atoms with van der Waals surface area (Å²) < 4.78 is 11.2. The number of ether oxygens (including phenoxy) is 2. The summed E-state index contributed by atoms with van der Waals surface area (Å²) in [4.78, 5) is 21.8. The molecule has 0 aromatic heterocycles. The third kappa shape index (κ3) is 12.2. The van der Waals surface area contributed by atoms with Crippen LogP contribution in [0.4, 0.5) is 0 Å². The zero-order valence-corrected chi connectivity index (χ0v) is 14.9. The number of carbonyl (C=O) groups excluding carboxylic acids is 2. The fraction of sp³-hybridized carbons (Fsp3) is 0.818. The third-order valence-corrected chi connectivity index (χ3v) is 3.78. The van der Waals surface area contributed by atoms with E-state index in [1.54, 1.807) is 0 Å². The summed E-state index contributed by atoms with van der Waals surface area (Å²) in [5, 5.41) is 2.71. The molecular formula is C11H20NO4Tl. The molecule has 0 aromatic rings. The molecule has 0 bridgehead atoms. The van der Waals surface area contributed by atoms with Crippen LogP contribution in [0.2, 0.25) is 3.98 Å². The minimum atomic E-state index is 0.0344. The van der Waals surface area contributed by atoms with Crippen LogP contribution in [0.25, 0.3) is 0 Å². The predicted molar refractivity (Wildman–Crippen MR) is 65.1 cm³/mol. The van der Waals surface area contributed by atoms with E-state index >= 15 is 0 Å². The Labute approximate surface area is 118 Å². The number of hydrogen-bond donors (Lipinski definition) is 1. The molecule has 96 valence electrons. The van der Waals surface area contributed by atoms with Gasteiger partial charge in [0.25, 0.3) is 0 Å². The molecule has 0 aromatic carbocycles. The Bertz CT molecular complexity index is 202. The summed E-state index contributed by atoms with van der Waals surface area (Å²) in [5.41, 5.74) is 0. The van der Waals surface area contributed by atoms with Crippen molar-refractivity contribution in [1.29, 1.82) is 0 Å². The molecule has 5 nitrogen and oxygen atoms in total. The number of carbonyl (C=O) groups is 2. The standard InChI is InChI=1S/C11H20NO4.Tl/c1-3-11(14)12-5-7-16-9-8-15-6-4-10(2)13;/h2-9H2,1H3,(H,12,14);. The number of rotatable bonds is 11. The van der Waals surface area contributed by atoms with Crippen LogP contribution >= 0.6 is 0 Å². The Kier molecular flexibility index (Phi) is 12.4. The van der Waals surface area contributed by atoms with Gasteiger partial charge < -0.3 is 0 Å². The van der Waals surface area contributed by atoms with Gasteiger partial charge in [0.2, 0.25) is 0 Å². The summed E-state index contributed by atoms with van der Waals surface area (Å²) in [5.74, 6) is 0.324. The Balaban J connectivity index is 3.08. The van der Waals surface area contributed by atoms with E-state index in [1.807, 2.05) is 6.92 Å². The molecule has 6 heteroatoms. The SMILES string of the molecule is CCC(=O)NCCOCCOCCC(=O)[CH2][Tl]. The second-order valence-corrected chi connectivity index (χ2v) is 5.01. The average molecular weight is 435 g/mol. The monoisotopic (exact) mass is 435 g/mol. The molecule has 1 N–H and O–H groups in total. The van der Waals surface area contributed by atoms with Gasteiger partial charge in [-0.2, -0.15) is 0 Å². The molecule has 0 unspecified atom stereocenters. The van der Waals surface area contributed by atoms with E-state index in [1.165, 1.54) is 0 Å². The van der Waals surface area contributed by atoms with E-state index in [0.29, 0.717) is 45.8 Å². The van der Waals surface area contributed by atoms with Crippen LogP contribution in [0.3, 0.4) is 0 Å². The first-order valence-corrected chi connectivity index (χ1v) is 9.02. The molecule has 0 atom stereocenters. The molecule has 1 amide bonds. The van der Waals surface area contributed by atoms with Crippen LogP contribution in [0, 0.1) is 0 Å². The van der Waals surface area contributed by atoms with Crippen molar-refractivity contribution in [2.45, 2.75) is 23.7 Å². The van der Waals surface area contributed by atoms with Gasteiger partial charge in [0.15, 0.2) is 0 Å². The normalized spacial score (nSPS) is 10.1. The molecule has 0 saturated carbocycles. The van der Waals surface area contributed by atoms with E-state index < -0.39 is 0 Å².